The number of hydrogen-bond donors (Lipinski definition) is 4. The van der Waals surface area contributed by atoms with E-state index >= 15 is 0 Å². The lowest BCUT2D eigenvalue weighted by Gasteiger charge is -2.11. The summed E-state index contributed by atoms with van der Waals surface area (Å²) in [6, 6.07) is 0. The molecule has 1 aromatic heterocycles. The fourth-order valence-electron chi connectivity index (χ4n) is 2.21. The Morgan fingerprint density at radius 3 is 2.62 bits per heavy atom. The largest absolute Gasteiger partial charge is 0.397 e. The average Bonchev–Trinajstić information content (AvgIpc) is 3.11. The Balaban J connectivity index is 2.24. The predicted octanol–water partition coefficient (Wildman–Crippen LogP) is 0.640. The van der Waals surface area contributed by atoms with Gasteiger partial charge in [0.05, 0.1) is 17.4 Å². The minimum Gasteiger partial charge on any atom is -0.397 e. The molecule has 7 nitrogen and oxygen atoms in total. The van der Waals surface area contributed by atoms with Crippen LogP contribution in [0.5, 0.6) is 0 Å². The molecular weight excluding hydrogens is 292 g/mol. The van der Waals surface area contributed by atoms with Gasteiger partial charge in [-0.2, -0.15) is 0 Å². The third-order valence-electron chi connectivity index (χ3n) is 3.35. The Kier molecular flexibility index (Phi) is 5.03. The van der Waals surface area contributed by atoms with Crippen LogP contribution < -0.4 is 21.7 Å². The van der Waals surface area contributed by atoms with Crippen LogP contribution >= 0.6 is 11.3 Å². The first-order valence-corrected chi connectivity index (χ1v) is 7.62. The normalized spacial score (nSPS) is 17.5. The van der Waals surface area contributed by atoms with E-state index < -0.39 is 0 Å². The second kappa shape index (κ2) is 6.77. The number of carbonyl (C=O) groups is 2. The van der Waals surface area contributed by atoms with Crippen molar-refractivity contribution >= 4 is 33.8 Å². The second-order valence-corrected chi connectivity index (χ2v) is 5.74. The number of thiophene rings is 1. The Labute approximate surface area is 127 Å². The summed E-state index contributed by atoms with van der Waals surface area (Å²) >= 11 is 1.18. The zero-order valence-corrected chi connectivity index (χ0v) is 12.9. The van der Waals surface area contributed by atoms with Gasteiger partial charge in [0.15, 0.2) is 0 Å². The van der Waals surface area contributed by atoms with Crippen molar-refractivity contribution in [2.24, 2.45) is 0 Å². The van der Waals surface area contributed by atoms with Crippen molar-refractivity contribution in [2.45, 2.75) is 18.9 Å². The molecule has 0 bridgehead atoms. The molecule has 21 heavy (non-hydrogen) atoms. The van der Waals surface area contributed by atoms with E-state index in [4.69, 9.17) is 10.5 Å². The molecule has 116 valence electrons. The van der Waals surface area contributed by atoms with Crippen molar-refractivity contribution in [1.82, 2.24) is 10.6 Å². The minimum atomic E-state index is -0.311. The predicted molar refractivity (Wildman–Crippen MR) is 83.0 cm³/mol. The van der Waals surface area contributed by atoms with Crippen molar-refractivity contribution in [3.8, 4) is 0 Å². The van der Waals surface area contributed by atoms with E-state index in [0.717, 1.165) is 19.4 Å². The summed E-state index contributed by atoms with van der Waals surface area (Å²) in [6.07, 6.45) is 2.17. The summed E-state index contributed by atoms with van der Waals surface area (Å²) in [4.78, 5) is 24.1. The van der Waals surface area contributed by atoms with Crippen LogP contribution in [0.15, 0.2) is 0 Å². The van der Waals surface area contributed by atoms with Gasteiger partial charge in [-0.05, 0) is 12.8 Å². The molecule has 1 unspecified atom stereocenters. The zero-order chi connectivity index (χ0) is 15.4. The van der Waals surface area contributed by atoms with Gasteiger partial charge in [-0.25, -0.2) is 0 Å². The van der Waals surface area contributed by atoms with Crippen molar-refractivity contribution in [3.63, 3.8) is 0 Å². The Morgan fingerprint density at radius 2 is 2.05 bits per heavy atom. The SMILES string of the molecule is CNC(=O)c1sc(NCC2CCCO2)c(C(=O)NC)c1N. The summed E-state index contributed by atoms with van der Waals surface area (Å²) in [7, 11) is 3.06. The highest BCUT2D eigenvalue weighted by Gasteiger charge is 2.25. The molecule has 1 aliphatic heterocycles. The monoisotopic (exact) mass is 312 g/mol. The first kappa shape index (κ1) is 15.6. The fraction of sp³-hybridized carbons (Fsp3) is 0.538. The smallest absolute Gasteiger partial charge is 0.263 e. The molecule has 1 saturated heterocycles. The van der Waals surface area contributed by atoms with E-state index in [-0.39, 0.29) is 23.6 Å². The number of anilines is 2. The molecule has 0 radical (unpaired) electrons. The van der Waals surface area contributed by atoms with Crippen LogP contribution in [-0.2, 0) is 4.74 Å². The lowest BCUT2D eigenvalue weighted by Crippen LogP contribution is -2.23. The lowest BCUT2D eigenvalue weighted by atomic mass is 10.2. The van der Waals surface area contributed by atoms with Gasteiger partial charge in [-0.3, -0.25) is 9.59 Å². The minimum absolute atomic E-state index is 0.134. The van der Waals surface area contributed by atoms with Gasteiger partial charge < -0.3 is 26.4 Å². The molecule has 2 heterocycles. The van der Waals surface area contributed by atoms with E-state index in [9.17, 15) is 9.59 Å². The van der Waals surface area contributed by atoms with Crippen LogP contribution in [0, 0.1) is 0 Å². The molecule has 0 aliphatic carbocycles. The molecule has 0 spiro atoms. The number of amides is 2. The standard InChI is InChI=1S/C13H20N4O3S/c1-15-11(18)8-9(14)10(12(19)16-2)21-13(8)17-6-7-4-3-5-20-7/h7,17H,3-6,14H2,1-2H3,(H,15,18)(H,16,19). The molecular formula is C13H20N4O3S. The van der Waals surface area contributed by atoms with E-state index in [2.05, 4.69) is 16.0 Å². The molecule has 5 N–H and O–H groups in total. The summed E-state index contributed by atoms with van der Waals surface area (Å²) < 4.78 is 5.54. The molecule has 8 heteroatoms. The van der Waals surface area contributed by atoms with E-state index in [1.807, 2.05) is 0 Å². The number of nitrogens with two attached hydrogens (primary N) is 1. The van der Waals surface area contributed by atoms with E-state index in [0.29, 0.717) is 22.0 Å². The maximum atomic E-state index is 12.0. The molecule has 1 fully saturated rings. The van der Waals surface area contributed by atoms with Crippen molar-refractivity contribution < 1.29 is 14.3 Å². The summed E-state index contributed by atoms with van der Waals surface area (Å²) in [5, 5.41) is 8.85. The quantitative estimate of drug-likeness (QED) is 0.638. The fourth-order valence-corrected chi connectivity index (χ4v) is 3.28. The maximum Gasteiger partial charge on any atom is 0.263 e. The van der Waals surface area contributed by atoms with Crippen LogP contribution in [0.4, 0.5) is 10.7 Å². The van der Waals surface area contributed by atoms with Gasteiger partial charge in [0.1, 0.15) is 9.88 Å². The van der Waals surface area contributed by atoms with Crippen LogP contribution in [-0.4, -0.2) is 45.2 Å². The Hall–Kier alpha value is -1.80. The Bertz CT molecular complexity index is 538. The topological polar surface area (TPSA) is 105 Å². The van der Waals surface area contributed by atoms with Crippen molar-refractivity contribution in [1.29, 1.82) is 0 Å². The molecule has 1 aromatic rings. The second-order valence-electron chi connectivity index (χ2n) is 4.72. The number of rotatable bonds is 5. The van der Waals surface area contributed by atoms with Gasteiger partial charge in [-0.1, -0.05) is 0 Å². The molecule has 1 aliphatic rings. The van der Waals surface area contributed by atoms with Gasteiger partial charge in [0, 0.05) is 27.2 Å². The number of nitrogen functional groups attached to an aromatic ring is 1. The van der Waals surface area contributed by atoms with E-state index in [1.165, 1.54) is 25.4 Å². The highest BCUT2D eigenvalue weighted by Crippen LogP contribution is 2.35. The van der Waals surface area contributed by atoms with Gasteiger partial charge in [0.25, 0.3) is 11.8 Å². The first-order valence-electron chi connectivity index (χ1n) is 6.80. The summed E-state index contributed by atoms with van der Waals surface area (Å²) in [6.45, 7) is 1.36. The molecule has 2 rings (SSSR count). The average molecular weight is 312 g/mol. The molecule has 0 saturated carbocycles. The van der Waals surface area contributed by atoms with Crippen LogP contribution in [0.25, 0.3) is 0 Å². The number of carbonyl (C=O) groups excluding carboxylic acids is 2. The third-order valence-corrected chi connectivity index (χ3v) is 4.51. The number of hydrogen-bond acceptors (Lipinski definition) is 6. The number of ether oxygens (including phenoxy) is 1. The van der Waals surface area contributed by atoms with Gasteiger partial charge >= 0.3 is 0 Å². The maximum absolute atomic E-state index is 12.0. The summed E-state index contributed by atoms with van der Waals surface area (Å²) in [5.41, 5.74) is 6.48. The summed E-state index contributed by atoms with van der Waals surface area (Å²) in [5.74, 6) is -0.610. The zero-order valence-electron chi connectivity index (χ0n) is 12.1. The first-order chi connectivity index (χ1) is 10.1. The lowest BCUT2D eigenvalue weighted by molar-refractivity contribution is 0.0962. The van der Waals surface area contributed by atoms with Crippen LogP contribution in [0.3, 0.4) is 0 Å². The highest BCUT2D eigenvalue weighted by molar-refractivity contribution is 7.19. The van der Waals surface area contributed by atoms with Crippen molar-refractivity contribution in [3.05, 3.63) is 10.4 Å². The number of nitrogens with one attached hydrogen (secondary N) is 3. The van der Waals surface area contributed by atoms with Crippen LogP contribution in [0.2, 0.25) is 0 Å². The Morgan fingerprint density at radius 1 is 1.33 bits per heavy atom. The van der Waals surface area contributed by atoms with E-state index in [1.54, 1.807) is 0 Å². The molecule has 1 atom stereocenters. The molecule has 2 amide bonds. The van der Waals surface area contributed by atoms with Gasteiger partial charge in [-0.15, -0.1) is 11.3 Å². The third kappa shape index (κ3) is 3.27. The van der Waals surface area contributed by atoms with Crippen LogP contribution in [0.1, 0.15) is 32.9 Å². The van der Waals surface area contributed by atoms with Gasteiger partial charge in [0.2, 0.25) is 0 Å². The molecule has 0 aromatic carbocycles. The van der Waals surface area contributed by atoms with Crippen molar-refractivity contribution in [2.75, 3.05) is 38.3 Å². The highest BCUT2D eigenvalue weighted by atomic mass is 32.1.